The lowest BCUT2D eigenvalue weighted by atomic mass is 9.85. The summed E-state index contributed by atoms with van der Waals surface area (Å²) in [6.07, 6.45) is 5.13. The highest BCUT2D eigenvalue weighted by Gasteiger charge is 2.60. The molecule has 1 aromatic carbocycles. The fourth-order valence-corrected chi connectivity index (χ4v) is 5.55. The molecule has 5 unspecified atom stereocenters. The Bertz CT molecular complexity index is 877. The van der Waals surface area contributed by atoms with Crippen LogP contribution in [0.4, 0.5) is 0 Å². The van der Waals surface area contributed by atoms with Gasteiger partial charge in [0.1, 0.15) is 5.75 Å². The molecule has 5 atom stereocenters. The predicted molar refractivity (Wildman–Crippen MR) is 107 cm³/mol. The van der Waals surface area contributed by atoms with E-state index in [0.717, 1.165) is 12.0 Å². The molecule has 2 bridgehead atoms. The van der Waals surface area contributed by atoms with Gasteiger partial charge in [-0.3, -0.25) is 19.3 Å². The number of imide groups is 1. The van der Waals surface area contributed by atoms with E-state index in [2.05, 4.69) is 12.2 Å². The Balaban J connectivity index is 1.47. The monoisotopic (exact) mass is 410 g/mol. The van der Waals surface area contributed by atoms with Gasteiger partial charge >= 0.3 is 0 Å². The van der Waals surface area contributed by atoms with E-state index in [1.54, 1.807) is 12.0 Å². The summed E-state index contributed by atoms with van der Waals surface area (Å²) in [6, 6.07) is 6.70. The largest absolute Gasteiger partial charge is 0.497 e. The number of benzene rings is 1. The summed E-state index contributed by atoms with van der Waals surface area (Å²) in [4.78, 5) is 43.0. The van der Waals surface area contributed by atoms with Crippen LogP contribution in [0.3, 0.4) is 0 Å². The second kappa shape index (κ2) is 7.54. The number of carbonyl (C=O) groups is 3. The first kappa shape index (κ1) is 19.3. The third-order valence-electron chi connectivity index (χ3n) is 7.03. The SMILES string of the molecule is COc1cccc(C(CC(=O)N2CCOCC2)N2C(=O)C3C4C=CC(C4)C3C2=O)c1. The molecule has 3 amide bonds. The first-order valence-electron chi connectivity index (χ1n) is 10.6. The standard InChI is InChI=1S/C23H26N2O5/c1-29-17-4-2-3-14(12-17)18(13-19(26)24-7-9-30-10-8-24)25-22(27)20-15-5-6-16(11-15)21(20)23(25)28/h2-6,12,15-16,18,20-21H,7-11,13H2,1H3. The van der Waals surface area contributed by atoms with Crippen molar-refractivity contribution >= 4 is 17.7 Å². The van der Waals surface area contributed by atoms with Gasteiger partial charge in [-0.2, -0.15) is 0 Å². The molecule has 7 heteroatoms. The van der Waals surface area contributed by atoms with Crippen molar-refractivity contribution in [2.24, 2.45) is 23.7 Å². The van der Waals surface area contributed by atoms with E-state index in [9.17, 15) is 14.4 Å². The Morgan fingerprint density at radius 3 is 2.43 bits per heavy atom. The normalized spacial score (nSPS) is 30.7. The van der Waals surface area contributed by atoms with Crippen LogP contribution < -0.4 is 4.74 Å². The van der Waals surface area contributed by atoms with E-state index in [-0.39, 0.29) is 47.8 Å². The average molecular weight is 410 g/mol. The Hall–Kier alpha value is -2.67. The summed E-state index contributed by atoms with van der Waals surface area (Å²) in [5, 5.41) is 0. The van der Waals surface area contributed by atoms with Gasteiger partial charge in [0.2, 0.25) is 17.7 Å². The highest BCUT2D eigenvalue weighted by Crippen LogP contribution is 2.54. The van der Waals surface area contributed by atoms with Crippen molar-refractivity contribution in [3.05, 3.63) is 42.0 Å². The van der Waals surface area contributed by atoms with Gasteiger partial charge in [-0.1, -0.05) is 24.3 Å². The van der Waals surface area contributed by atoms with E-state index in [0.29, 0.717) is 32.1 Å². The van der Waals surface area contributed by atoms with Crippen molar-refractivity contribution in [2.75, 3.05) is 33.4 Å². The Morgan fingerprint density at radius 2 is 1.80 bits per heavy atom. The quantitative estimate of drug-likeness (QED) is 0.547. The third-order valence-corrected chi connectivity index (χ3v) is 7.03. The lowest BCUT2D eigenvalue weighted by molar-refractivity contribution is -0.146. The molecule has 1 aromatic rings. The number of methoxy groups -OCH3 is 1. The molecule has 4 aliphatic rings. The van der Waals surface area contributed by atoms with Crippen LogP contribution in [-0.4, -0.2) is 60.9 Å². The topological polar surface area (TPSA) is 76.2 Å². The van der Waals surface area contributed by atoms with E-state index in [4.69, 9.17) is 9.47 Å². The molecule has 158 valence electrons. The zero-order chi connectivity index (χ0) is 20.8. The first-order chi connectivity index (χ1) is 14.6. The Labute approximate surface area is 175 Å². The van der Waals surface area contributed by atoms with Crippen molar-refractivity contribution in [1.29, 1.82) is 0 Å². The molecule has 2 aliphatic carbocycles. The number of hydrogen-bond acceptors (Lipinski definition) is 5. The summed E-state index contributed by atoms with van der Waals surface area (Å²) in [6.45, 7) is 2.09. The number of ether oxygens (including phenoxy) is 2. The summed E-state index contributed by atoms with van der Waals surface area (Å²) >= 11 is 0. The number of rotatable bonds is 5. The average Bonchev–Trinajstić information content (AvgIpc) is 3.47. The summed E-state index contributed by atoms with van der Waals surface area (Å²) in [5.74, 6) is 0.0269. The van der Waals surface area contributed by atoms with Crippen LogP contribution in [0.5, 0.6) is 5.75 Å². The number of carbonyl (C=O) groups excluding carboxylic acids is 3. The molecular weight excluding hydrogens is 384 g/mol. The number of fused-ring (bicyclic) bond motifs is 5. The molecule has 5 rings (SSSR count). The molecule has 1 saturated carbocycles. The molecule has 2 aliphatic heterocycles. The van der Waals surface area contributed by atoms with Gasteiger partial charge in [-0.05, 0) is 36.0 Å². The van der Waals surface area contributed by atoms with Gasteiger partial charge in [0.05, 0.1) is 44.6 Å². The van der Waals surface area contributed by atoms with E-state index < -0.39 is 6.04 Å². The summed E-state index contributed by atoms with van der Waals surface area (Å²) in [7, 11) is 1.58. The Morgan fingerprint density at radius 1 is 1.13 bits per heavy atom. The first-order valence-corrected chi connectivity index (χ1v) is 10.6. The molecule has 30 heavy (non-hydrogen) atoms. The highest BCUT2D eigenvalue weighted by molar-refractivity contribution is 6.07. The fourth-order valence-electron chi connectivity index (χ4n) is 5.55. The molecule has 7 nitrogen and oxygen atoms in total. The second-order valence-corrected chi connectivity index (χ2v) is 8.54. The van der Waals surface area contributed by atoms with Gasteiger partial charge < -0.3 is 14.4 Å². The molecule has 0 spiro atoms. The summed E-state index contributed by atoms with van der Waals surface area (Å²) < 4.78 is 10.7. The molecule has 2 heterocycles. The number of nitrogens with zero attached hydrogens (tertiary/aromatic N) is 2. The predicted octanol–water partition coefficient (Wildman–Crippen LogP) is 1.79. The lowest BCUT2D eigenvalue weighted by Crippen LogP contribution is -2.44. The molecule has 0 radical (unpaired) electrons. The van der Waals surface area contributed by atoms with Gasteiger partial charge in [0, 0.05) is 13.1 Å². The van der Waals surface area contributed by atoms with Gasteiger partial charge in [-0.25, -0.2) is 0 Å². The van der Waals surface area contributed by atoms with Gasteiger partial charge in [0.25, 0.3) is 0 Å². The van der Waals surface area contributed by atoms with Crippen LogP contribution in [-0.2, 0) is 19.1 Å². The van der Waals surface area contributed by atoms with Crippen LogP contribution in [0.2, 0.25) is 0 Å². The molecule has 3 fully saturated rings. The highest BCUT2D eigenvalue weighted by atomic mass is 16.5. The number of likely N-dealkylation sites (tertiary alicyclic amines) is 1. The van der Waals surface area contributed by atoms with E-state index >= 15 is 0 Å². The summed E-state index contributed by atoms with van der Waals surface area (Å²) in [5.41, 5.74) is 0.748. The maximum Gasteiger partial charge on any atom is 0.234 e. The van der Waals surface area contributed by atoms with E-state index in [1.165, 1.54) is 4.90 Å². The number of morpholine rings is 1. The van der Waals surface area contributed by atoms with Crippen molar-refractivity contribution < 1.29 is 23.9 Å². The molecule has 2 saturated heterocycles. The minimum Gasteiger partial charge on any atom is -0.497 e. The van der Waals surface area contributed by atoms with Crippen molar-refractivity contribution in [3.8, 4) is 5.75 Å². The van der Waals surface area contributed by atoms with Crippen LogP contribution >= 0.6 is 0 Å². The fraction of sp³-hybridized carbons (Fsp3) is 0.522. The maximum absolute atomic E-state index is 13.4. The number of amides is 3. The van der Waals surface area contributed by atoms with Gasteiger partial charge in [-0.15, -0.1) is 0 Å². The van der Waals surface area contributed by atoms with E-state index in [1.807, 2.05) is 24.3 Å². The lowest BCUT2D eigenvalue weighted by Gasteiger charge is -2.32. The van der Waals surface area contributed by atoms with Crippen LogP contribution in [0.25, 0.3) is 0 Å². The van der Waals surface area contributed by atoms with Gasteiger partial charge in [0.15, 0.2) is 0 Å². The maximum atomic E-state index is 13.4. The molecule has 0 N–H and O–H groups in total. The number of allylic oxidation sites excluding steroid dienone is 2. The Kier molecular flexibility index (Phi) is 4.85. The van der Waals surface area contributed by atoms with Crippen molar-refractivity contribution in [3.63, 3.8) is 0 Å². The van der Waals surface area contributed by atoms with Crippen LogP contribution in [0.1, 0.15) is 24.4 Å². The zero-order valence-electron chi connectivity index (χ0n) is 17.0. The van der Waals surface area contributed by atoms with Crippen LogP contribution in [0, 0.1) is 23.7 Å². The molecule has 0 aromatic heterocycles. The smallest absolute Gasteiger partial charge is 0.234 e. The zero-order valence-corrected chi connectivity index (χ0v) is 17.0. The van der Waals surface area contributed by atoms with Crippen molar-refractivity contribution in [2.45, 2.75) is 18.9 Å². The van der Waals surface area contributed by atoms with Crippen LogP contribution in [0.15, 0.2) is 36.4 Å². The van der Waals surface area contributed by atoms with Crippen molar-refractivity contribution in [1.82, 2.24) is 9.80 Å². The minimum absolute atomic E-state index is 0.0649. The second-order valence-electron chi connectivity index (χ2n) is 8.54. The third kappa shape index (κ3) is 3.03. The number of hydrogen-bond donors (Lipinski definition) is 0. The molecular formula is C23H26N2O5. The minimum atomic E-state index is -0.625.